The summed E-state index contributed by atoms with van der Waals surface area (Å²) in [5.74, 6) is 1.67. The molecule has 0 spiro atoms. The van der Waals surface area contributed by atoms with E-state index in [1.165, 1.54) is 0 Å². The van der Waals surface area contributed by atoms with Gasteiger partial charge >= 0.3 is 0 Å². The molecule has 28 heavy (non-hydrogen) atoms. The summed E-state index contributed by atoms with van der Waals surface area (Å²) in [7, 11) is 1.66. The molecule has 0 bridgehead atoms. The number of nitrogens with zero attached hydrogens (tertiary/aromatic N) is 4. The van der Waals surface area contributed by atoms with Crippen LogP contribution in [0.2, 0.25) is 0 Å². The van der Waals surface area contributed by atoms with Crippen LogP contribution in [0, 0.1) is 0 Å². The van der Waals surface area contributed by atoms with Gasteiger partial charge in [0.25, 0.3) is 0 Å². The van der Waals surface area contributed by atoms with Crippen molar-refractivity contribution in [2.24, 2.45) is 0 Å². The number of fused-ring (bicyclic) bond motifs is 1. The normalized spacial score (nSPS) is 20.1. The van der Waals surface area contributed by atoms with E-state index in [-0.39, 0.29) is 18.3 Å². The molecule has 0 saturated carbocycles. The van der Waals surface area contributed by atoms with E-state index in [2.05, 4.69) is 14.8 Å². The molecule has 1 saturated heterocycles. The molecule has 1 aromatic carbocycles. The highest BCUT2D eigenvalue weighted by Crippen LogP contribution is 2.36. The maximum Gasteiger partial charge on any atom is 0.225 e. The average Bonchev–Trinajstić information content (AvgIpc) is 2.74. The third-order valence-corrected chi connectivity index (χ3v) is 5.68. The lowest BCUT2D eigenvalue weighted by Gasteiger charge is -2.34. The summed E-state index contributed by atoms with van der Waals surface area (Å²) in [4.78, 5) is 26.3. The lowest BCUT2D eigenvalue weighted by atomic mass is 9.82. The molecule has 7 heteroatoms. The van der Waals surface area contributed by atoms with Crippen LogP contribution in [0.5, 0.6) is 5.75 Å². The lowest BCUT2D eigenvalue weighted by molar-refractivity contribution is 0.0962. The van der Waals surface area contributed by atoms with Crippen LogP contribution in [0.3, 0.4) is 0 Å². The van der Waals surface area contributed by atoms with E-state index in [1.54, 1.807) is 13.3 Å². The molecule has 2 aliphatic rings. The summed E-state index contributed by atoms with van der Waals surface area (Å²) in [6, 6.07) is 7.89. The number of benzene rings is 1. The highest BCUT2D eigenvalue weighted by molar-refractivity contribution is 5.98. The van der Waals surface area contributed by atoms with Gasteiger partial charge in [0.2, 0.25) is 5.95 Å². The second kappa shape index (κ2) is 8.24. The van der Waals surface area contributed by atoms with Crippen molar-refractivity contribution in [3.8, 4) is 5.75 Å². The second-order valence-corrected chi connectivity index (χ2v) is 7.35. The second-order valence-electron chi connectivity index (χ2n) is 7.35. The highest BCUT2D eigenvalue weighted by Gasteiger charge is 2.30. The Balaban J connectivity index is 1.55. The molecule has 2 heterocycles. The van der Waals surface area contributed by atoms with Gasteiger partial charge < -0.3 is 14.7 Å². The summed E-state index contributed by atoms with van der Waals surface area (Å²) in [5.41, 5.74) is 2.53. The minimum absolute atomic E-state index is 0.0697. The minimum atomic E-state index is 0.0697. The summed E-state index contributed by atoms with van der Waals surface area (Å²) in [5, 5.41) is 9.09. The molecule has 1 atom stereocenters. The first-order valence-electron chi connectivity index (χ1n) is 9.79. The largest absolute Gasteiger partial charge is 0.496 e. The fourth-order valence-corrected chi connectivity index (χ4v) is 4.12. The Morgan fingerprint density at radius 3 is 2.71 bits per heavy atom. The molecule has 7 nitrogen and oxygen atoms in total. The van der Waals surface area contributed by atoms with Crippen molar-refractivity contribution < 1.29 is 14.6 Å². The molecule has 0 radical (unpaired) electrons. The topological polar surface area (TPSA) is 78.8 Å². The first kappa shape index (κ1) is 18.8. The van der Waals surface area contributed by atoms with Crippen LogP contribution in [0.15, 0.2) is 30.5 Å². The molecule has 4 rings (SSSR count). The Bertz CT molecular complexity index is 849. The fourth-order valence-electron chi connectivity index (χ4n) is 4.12. The SMILES string of the molecule is COc1ccccc1[C@H]1CC(=O)c2cnc(N3CCN(CCO)CC3)nc2C1. The number of piperazine rings is 1. The Kier molecular flexibility index (Phi) is 5.54. The fraction of sp³-hybridized carbons (Fsp3) is 0.476. The summed E-state index contributed by atoms with van der Waals surface area (Å²) >= 11 is 0. The van der Waals surface area contributed by atoms with Gasteiger partial charge in [-0.25, -0.2) is 9.97 Å². The van der Waals surface area contributed by atoms with E-state index in [9.17, 15) is 4.79 Å². The Hall–Kier alpha value is -2.51. The quantitative estimate of drug-likeness (QED) is 0.840. The van der Waals surface area contributed by atoms with Crippen LogP contribution in [0.4, 0.5) is 5.95 Å². The summed E-state index contributed by atoms with van der Waals surface area (Å²) < 4.78 is 5.50. The number of ether oxygens (including phenoxy) is 1. The monoisotopic (exact) mass is 382 g/mol. The molecular weight excluding hydrogens is 356 g/mol. The molecule has 1 N–H and O–H groups in total. The average molecular weight is 382 g/mol. The van der Waals surface area contributed by atoms with Crippen molar-refractivity contribution in [3.05, 3.63) is 47.3 Å². The number of anilines is 1. The van der Waals surface area contributed by atoms with Crippen molar-refractivity contribution in [3.63, 3.8) is 0 Å². The first-order valence-corrected chi connectivity index (χ1v) is 9.79. The molecule has 1 fully saturated rings. The Morgan fingerprint density at radius 2 is 1.96 bits per heavy atom. The molecule has 0 amide bonds. The molecule has 148 valence electrons. The van der Waals surface area contributed by atoms with Crippen molar-refractivity contribution in [1.82, 2.24) is 14.9 Å². The van der Waals surface area contributed by atoms with Crippen LogP contribution in [0.1, 0.15) is 34.0 Å². The first-order chi connectivity index (χ1) is 13.7. The highest BCUT2D eigenvalue weighted by atomic mass is 16.5. The number of rotatable bonds is 5. The maximum atomic E-state index is 12.7. The zero-order valence-corrected chi connectivity index (χ0v) is 16.2. The number of para-hydroxylation sites is 1. The van der Waals surface area contributed by atoms with Gasteiger partial charge in [0, 0.05) is 51.3 Å². The number of carbonyl (C=O) groups excluding carboxylic acids is 1. The van der Waals surface area contributed by atoms with E-state index in [4.69, 9.17) is 14.8 Å². The predicted octanol–water partition coefficient (Wildman–Crippen LogP) is 1.51. The van der Waals surface area contributed by atoms with E-state index in [0.717, 1.165) is 43.2 Å². The number of carbonyl (C=O) groups is 1. The number of hydrogen-bond acceptors (Lipinski definition) is 7. The van der Waals surface area contributed by atoms with Crippen molar-refractivity contribution >= 4 is 11.7 Å². The van der Waals surface area contributed by atoms with Crippen LogP contribution >= 0.6 is 0 Å². The van der Waals surface area contributed by atoms with Gasteiger partial charge in [-0.15, -0.1) is 0 Å². The standard InChI is InChI=1S/C21H26N4O3/c1-28-20-5-3-2-4-16(20)15-12-18-17(19(27)13-15)14-22-21(23-18)25-8-6-24(7-9-25)10-11-26/h2-5,14-15,26H,6-13H2,1H3/t15-/m1/s1. The minimum Gasteiger partial charge on any atom is -0.496 e. The molecule has 2 aromatic rings. The third kappa shape index (κ3) is 3.72. The van der Waals surface area contributed by atoms with E-state index in [0.29, 0.717) is 30.9 Å². The van der Waals surface area contributed by atoms with Gasteiger partial charge in [-0.3, -0.25) is 9.69 Å². The van der Waals surface area contributed by atoms with Gasteiger partial charge in [-0.1, -0.05) is 18.2 Å². The number of β-amino-alcohol motifs (C(OH)–C–C–N with tert-alkyl or cyclic N) is 1. The number of aliphatic hydroxyl groups excluding tert-OH is 1. The van der Waals surface area contributed by atoms with E-state index < -0.39 is 0 Å². The van der Waals surface area contributed by atoms with Gasteiger partial charge in [-0.05, 0) is 18.1 Å². The number of methoxy groups -OCH3 is 1. The van der Waals surface area contributed by atoms with Gasteiger partial charge in [-0.2, -0.15) is 0 Å². The predicted molar refractivity (Wildman–Crippen MR) is 106 cm³/mol. The molecular formula is C21H26N4O3. The van der Waals surface area contributed by atoms with Crippen LogP contribution < -0.4 is 9.64 Å². The van der Waals surface area contributed by atoms with Crippen molar-refractivity contribution in [1.29, 1.82) is 0 Å². The number of ketones is 1. The third-order valence-electron chi connectivity index (χ3n) is 5.68. The number of hydrogen-bond donors (Lipinski definition) is 1. The lowest BCUT2D eigenvalue weighted by Crippen LogP contribution is -2.47. The summed E-state index contributed by atoms with van der Waals surface area (Å²) in [6.45, 7) is 4.29. The van der Waals surface area contributed by atoms with Gasteiger partial charge in [0.1, 0.15) is 5.75 Å². The van der Waals surface area contributed by atoms with Crippen LogP contribution in [0.25, 0.3) is 0 Å². The zero-order chi connectivity index (χ0) is 19.5. The Labute approximate surface area is 165 Å². The van der Waals surface area contributed by atoms with Crippen molar-refractivity contribution in [2.45, 2.75) is 18.8 Å². The number of aromatic nitrogens is 2. The molecule has 1 aliphatic heterocycles. The zero-order valence-electron chi connectivity index (χ0n) is 16.2. The van der Waals surface area contributed by atoms with Gasteiger partial charge in [0.05, 0.1) is 25.0 Å². The number of aliphatic hydroxyl groups is 1. The maximum absolute atomic E-state index is 12.7. The van der Waals surface area contributed by atoms with E-state index in [1.807, 2.05) is 24.3 Å². The smallest absolute Gasteiger partial charge is 0.225 e. The van der Waals surface area contributed by atoms with Crippen LogP contribution in [-0.2, 0) is 6.42 Å². The molecule has 1 aliphatic carbocycles. The Morgan fingerprint density at radius 1 is 1.18 bits per heavy atom. The summed E-state index contributed by atoms with van der Waals surface area (Å²) in [6.07, 6.45) is 2.86. The molecule has 0 unspecified atom stereocenters. The van der Waals surface area contributed by atoms with E-state index >= 15 is 0 Å². The number of Topliss-reactive ketones (excluding diaryl/α,β-unsaturated/α-hetero) is 1. The van der Waals surface area contributed by atoms with Crippen LogP contribution in [-0.4, -0.2) is 72.2 Å². The molecule has 1 aromatic heterocycles. The van der Waals surface area contributed by atoms with Gasteiger partial charge in [0.15, 0.2) is 5.78 Å². The van der Waals surface area contributed by atoms with Crippen molar-refractivity contribution in [2.75, 3.05) is 51.3 Å².